The van der Waals surface area contributed by atoms with Gasteiger partial charge in [-0.1, -0.05) is 43.2 Å². The normalized spacial score (nSPS) is 15.7. The lowest BCUT2D eigenvalue weighted by Gasteiger charge is -2.14. The van der Waals surface area contributed by atoms with Gasteiger partial charge < -0.3 is 10.1 Å². The highest BCUT2D eigenvalue weighted by atomic mass is 16.5. The zero-order valence-electron chi connectivity index (χ0n) is 12.6. The fourth-order valence-corrected chi connectivity index (χ4v) is 2.57. The van der Waals surface area contributed by atoms with Crippen LogP contribution in [0.3, 0.4) is 0 Å². The lowest BCUT2D eigenvalue weighted by atomic mass is 10.1. The Balaban J connectivity index is 1.55. The maximum absolute atomic E-state index is 5.87. The van der Waals surface area contributed by atoms with Crippen LogP contribution in [0.4, 0.5) is 0 Å². The number of hydrogen-bond acceptors (Lipinski definition) is 2. The van der Waals surface area contributed by atoms with Gasteiger partial charge in [0.2, 0.25) is 0 Å². The van der Waals surface area contributed by atoms with Crippen molar-refractivity contribution in [3.05, 3.63) is 60.2 Å². The zero-order chi connectivity index (χ0) is 14.5. The summed E-state index contributed by atoms with van der Waals surface area (Å²) in [5, 5.41) is 3.61. The van der Waals surface area contributed by atoms with Gasteiger partial charge in [-0.15, -0.1) is 0 Å². The van der Waals surface area contributed by atoms with Gasteiger partial charge >= 0.3 is 0 Å². The third-order valence-corrected chi connectivity index (χ3v) is 3.92. The van der Waals surface area contributed by atoms with Crippen molar-refractivity contribution in [2.45, 2.75) is 38.8 Å². The summed E-state index contributed by atoms with van der Waals surface area (Å²) in [6.45, 7) is 3.18. The zero-order valence-corrected chi connectivity index (χ0v) is 12.6. The molecule has 0 spiro atoms. The molecule has 3 rings (SSSR count). The van der Waals surface area contributed by atoms with Crippen LogP contribution in [-0.4, -0.2) is 6.04 Å². The minimum Gasteiger partial charge on any atom is -0.457 e. The highest BCUT2D eigenvalue weighted by Crippen LogP contribution is 2.33. The van der Waals surface area contributed by atoms with E-state index in [1.807, 2.05) is 36.4 Å². The standard InChI is InChI=1S/C19H23NO/c1-15(12-16-10-11-16)20-14-17-6-5-9-19(13-17)21-18-7-3-2-4-8-18/h2-9,13,15-16,20H,10-12,14H2,1H3. The summed E-state index contributed by atoms with van der Waals surface area (Å²) >= 11 is 0. The fraction of sp³-hybridized carbons (Fsp3) is 0.368. The van der Waals surface area contributed by atoms with Crippen molar-refractivity contribution >= 4 is 0 Å². The summed E-state index contributed by atoms with van der Waals surface area (Å²) in [6.07, 6.45) is 4.15. The number of rotatable bonds is 7. The number of benzene rings is 2. The molecule has 0 heterocycles. The molecule has 2 aromatic rings. The predicted molar refractivity (Wildman–Crippen MR) is 86.6 cm³/mol. The summed E-state index contributed by atoms with van der Waals surface area (Å²) in [4.78, 5) is 0. The summed E-state index contributed by atoms with van der Waals surface area (Å²) in [7, 11) is 0. The summed E-state index contributed by atoms with van der Waals surface area (Å²) in [5.74, 6) is 2.75. The van der Waals surface area contributed by atoms with Crippen LogP contribution in [0, 0.1) is 5.92 Å². The quantitative estimate of drug-likeness (QED) is 0.790. The largest absolute Gasteiger partial charge is 0.457 e. The minimum atomic E-state index is 0.594. The van der Waals surface area contributed by atoms with E-state index in [0.29, 0.717) is 6.04 Å². The molecule has 2 heteroatoms. The molecule has 1 atom stereocenters. The maximum atomic E-state index is 5.87. The van der Waals surface area contributed by atoms with Crippen LogP contribution in [0.25, 0.3) is 0 Å². The predicted octanol–water partition coefficient (Wildman–Crippen LogP) is 4.76. The molecule has 0 amide bonds. The highest BCUT2D eigenvalue weighted by molar-refractivity contribution is 5.33. The molecule has 1 saturated carbocycles. The van der Waals surface area contributed by atoms with Gasteiger partial charge in [0.05, 0.1) is 0 Å². The molecular formula is C19H23NO. The smallest absolute Gasteiger partial charge is 0.127 e. The maximum Gasteiger partial charge on any atom is 0.127 e. The van der Waals surface area contributed by atoms with Gasteiger partial charge in [0.1, 0.15) is 11.5 Å². The van der Waals surface area contributed by atoms with Crippen LogP contribution >= 0.6 is 0 Å². The van der Waals surface area contributed by atoms with Crippen LogP contribution < -0.4 is 10.1 Å². The Bertz CT molecular complexity index is 563. The molecule has 0 aliphatic heterocycles. The van der Waals surface area contributed by atoms with Gasteiger partial charge in [0.25, 0.3) is 0 Å². The number of hydrogen-bond donors (Lipinski definition) is 1. The van der Waals surface area contributed by atoms with Crippen LogP contribution in [0.1, 0.15) is 31.7 Å². The van der Waals surface area contributed by atoms with Crippen LogP contribution in [0.15, 0.2) is 54.6 Å². The Kier molecular flexibility index (Phi) is 4.56. The van der Waals surface area contributed by atoms with Crippen molar-refractivity contribution < 1.29 is 4.74 Å². The van der Waals surface area contributed by atoms with E-state index in [1.165, 1.54) is 24.8 Å². The van der Waals surface area contributed by atoms with Crippen LogP contribution in [0.2, 0.25) is 0 Å². The first-order valence-electron chi connectivity index (χ1n) is 7.85. The first-order chi connectivity index (χ1) is 10.3. The fourth-order valence-electron chi connectivity index (χ4n) is 2.57. The molecule has 21 heavy (non-hydrogen) atoms. The van der Waals surface area contributed by atoms with E-state index in [9.17, 15) is 0 Å². The van der Waals surface area contributed by atoms with E-state index >= 15 is 0 Å². The molecular weight excluding hydrogens is 258 g/mol. The molecule has 1 N–H and O–H groups in total. The Morgan fingerprint density at radius 2 is 1.81 bits per heavy atom. The average molecular weight is 281 g/mol. The molecule has 0 saturated heterocycles. The molecule has 0 bridgehead atoms. The van der Waals surface area contributed by atoms with Gasteiger partial charge in [0.15, 0.2) is 0 Å². The second-order valence-electron chi connectivity index (χ2n) is 6.02. The molecule has 0 aromatic heterocycles. The number of para-hydroxylation sites is 1. The minimum absolute atomic E-state index is 0.594. The summed E-state index contributed by atoms with van der Waals surface area (Å²) < 4.78 is 5.87. The second kappa shape index (κ2) is 6.77. The number of nitrogens with one attached hydrogen (secondary N) is 1. The molecule has 110 valence electrons. The average Bonchev–Trinajstić information content (AvgIpc) is 3.31. The Morgan fingerprint density at radius 1 is 1.05 bits per heavy atom. The molecule has 1 fully saturated rings. The van der Waals surface area contributed by atoms with E-state index in [1.54, 1.807) is 0 Å². The summed E-state index contributed by atoms with van der Waals surface area (Å²) in [6, 6.07) is 18.8. The first kappa shape index (κ1) is 14.2. The molecule has 2 nitrogen and oxygen atoms in total. The van der Waals surface area contributed by atoms with Crippen molar-refractivity contribution in [1.29, 1.82) is 0 Å². The molecule has 0 radical (unpaired) electrons. The third-order valence-electron chi connectivity index (χ3n) is 3.92. The van der Waals surface area contributed by atoms with Crippen molar-refractivity contribution in [3.8, 4) is 11.5 Å². The van der Waals surface area contributed by atoms with Gasteiger partial charge in [-0.2, -0.15) is 0 Å². The van der Waals surface area contributed by atoms with Gasteiger partial charge in [-0.3, -0.25) is 0 Å². The molecule has 1 aliphatic rings. The van der Waals surface area contributed by atoms with E-state index in [4.69, 9.17) is 4.74 Å². The topological polar surface area (TPSA) is 21.3 Å². The van der Waals surface area contributed by atoms with Gasteiger partial charge in [-0.25, -0.2) is 0 Å². The van der Waals surface area contributed by atoms with Crippen molar-refractivity contribution in [1.82, 2.24) is 5.32 Å². The number of ether oxygens (including phenoxy) is 1. The lowest BCUT2D eigenvalue weighted by molar-refractivity contribution is 0.475. The Labute approximate surface area is 127 Å². The molecule has 1 unspecified atom stereocenters. The summed E-state index contributed by atoms with van der Waals surface area (Å²) in [5.41, 5.74) is 1.27. The molecule has 2 aromatic carbocycles. The van der Waals surface area contributed by atoms with E-state index < -0.39 is 0 Å². The monoisotopic (exact) mass is 281 g/mol. The third kappa shape index (κ3) is 4.61. The Morgan fingerprint density at radius 3 is 2.57 bits per heavy atom. The van der Waals surface area contributed by atoms with Crippen LogP contribution in [-0.2, 0) is 6.54 Å². The van der Waals surface area contributed by atoms with Crippen molar-refractivity contribution in [3.63, 3.8) is 0 Å². The first-order valence-corrected chi connectivity index (χ1v) is 7.85. The Hall–Kier alpha value is -1.80. The van der Waals surface area contributed by atoms with Crippen molar-refractivity contribution in [2.75, 3.05) is 0 Å². The second-order valence-corrected chi connectivity index (χ2v) is 6.02. The molecule has 1 aliphatic carbocycles. The lowest BCUT2D eigenvalue weighted by Crippen LogP contribution is -2.25. The van der Waals surface area contributed by atoms with Gasteiger partial charge in [-0.05, 0) is 49.1 Å². The van der Waals surface area contributed by atoms with Crippen molar-refractivity contribution in [2.24, 2.45) is 5.92 Å². The van der Waals surface area contributed by atoms with E-state index in [-0.39, 0.29) is 0 Å². The SMILES string of the molecule is CC(CC1CC1)NCc1cccc(Oc2ccccc2)c1. The van der Waals surface area contributed by atoms with Gasteiger partial charge in [0, 0.05) is 12.6 Å². The highest BCUT2D eigenvalue weighted by Gasteiger charge is 2.23. The van der Waals surface area contributed by atoms with E-state index in [0.717, 1.165) is 24.0 Å². The van der Waals surface area contributed by atoms with Crippen LogP contribution in [0.5, 0.6) is 11.5 Å². The van der Waals surface area contributed by atoms with E-state index in [2.05, 4.69) is 30.4 Å².